The van der Waals surface area contributed by atoms with Gasteiger partial charge in [-0.1, -0.05) is 56.5 Å². The van der Waals surface area contributed by atoms with E-state index in [1.807, 2.05) is 48.5 Å². The summed E-state index contributed by atoms with van der Waals surface area (Å²) in [5.74, 6) is 0.308. The molecule has 0 saturated carbocycles. The number of rotatable bonds is 17. The highest BCUT2D eigenvalue weighted by molar-refractivity contribution is 6.07. The number of hydrogen-bond acceptors (Lipinski definition) is 9. The van der Waals surface area contributed by atoms with Crippen LogP contribution >= 0.6 is 0 Å². The molecular weight excluding hydrogens is 608 g/mol. The lowest BCUT2D eigenvalue weighted by Gasteiger charge is -2.25. The van der Waals surface area contributed by atoms with E-state index in [1.54, 1.807) is 36.5 Å². The van der Waals surface area contributed by atoms with E-state index in [0.717, 1.165) is 62.2 Å². The van der Waals surface area contributed by atoms with Crippen molar-refractivity contribution in [3.05, 3.63) is 113 Å². The Bertz CT molecular complexity index is 1550. The number of furan rings is 1. The van der Waals surface area contributed by atoms with Crippen LogP contribution in [0.2, 0.25) is 0 Å². The zero-order chi connectivity index (χ0) is 33.6. The molecule has 0 radical (unpaired) electrons. The Morgan fingerprint density at radius 2 is 1.75 bits per heavy atom. The summed E-state index contributed by atoms with van der Waals surface area (Å²) in [5.41, 5.74) is 6.83. The smallest absolute Gasteiger partial charge is 0.374 e. The van der Waals surface area contributed by atoms with Crippen molar-refractivity contribution in [1.29, 1.82) is 0 Å². The van der Waals surface area contributed by atoms with Crippen molar-refractivity contribution in [2.24, 2.45) is 0 Å². The molecule has 10 nitrogen and oxygen atoms in total. The normalized spacial score (nSPS) is 14.0. The number of unbranched alkanes of at least 4 members (excludes halogenated alkanes) is 2. The number of aryl methyl sites for hydroxylation is 2. The van der Waals surface area contributed by atoms with Crippen LogP contribution in [-0.4, -0.2) is 66.3 Å². The summed E-state index contributed by atoms with van der Waals surface area (Å²) in [7, 11) is 0. The molecule has 48 heavy (non-hydrogen) atoms. The molecule has 1 atom stereocenters. The SMILES string of the molecule is CCCCCC(O)c1ccc(N(Nc2ccc(CCCc3ccc(C(=O)OCCN4CCOCC4)o3)cc2)C(=O)c2ccccc2)cn1. The molecule has 1 fully saturated rings. The third-order valence-corrected chi connectivity index (χ3v) is 8.37. The lowest BCUT2D eigenvalue weighted by Crippen LogP contribution is -2.38. The van der Waals surface area contributed by atoms with Gasteiger partial charge in [-0.15, -0.1) is 0 Å². The highest BCUT2D eigenvalue weighted by Gasteiger charge is 2.20. The Hall–Kier alpha value is -4.51. The lowest BCUT2D eigenvalue weighted by atomic mass is 10.1. The molecule has 3 heterocycles. The minimum absolute atomic E-state index is 0.225. The number of esters is 1. The van der Waals surface area contributed by atoms with Crippen LogP contribution in [0.25, 0.3) is 0 Å². The van der Waals surface area contributed by atoms with Gasteiger partial charge in [-0.25, -0.2) is 9.80 Å². The molecule has 1 saturated heterocycles. The number of benzene rings is 2. The number of pyridine rings is 1. The summed E-state index contributed by atoms with van der Waals surface area (Å²) in [6, 6.07) is 24.1. The molecule has 1 aliphatic heterocycles. The monoisotopic (exact) mass is 654 g/mol. The number of carbonyl (C=O) groups excluding carboxylic acids is 2. The molecule has 0 spiro atoms. The number of aromatic nitrogens is 1. The van der Waals surface area contributed by atoms with Crippen LogP contribution in [0.4, 0.5) is 11.4 Å². The van der Waals surface area contributed by atoms with E-state index >= 15 is 0 Å². The topological polar surface area (TPSA) is 117 Å². The second-order valence-corrected chi connectivity index (χ2v) is 12.0. The highest BCUT2D eigenvalue weighted by atomic mass is 16.5. The fraction of sp³-hybridized carbons (Fsp3) is 0.395. The number of nitrogens with one attached hydrogen (secondary N) is 1. The Morgan fingerprint density at radius 3 is 2.48 bits per heavy atom. The lowest BCUT2D eigenvalue weighted by molar-refractivity contribution is 0.0181. The summed E-state index contributed by atoms with van der Waals surface area (Å²) < 4.78 is 16.5. The van der Waals surface area contributed by atoms with E-state index in [0.29, 0.717) is 56.2 Å². The Kier molecular flexibility index (Phi) is 13.2. The maximum atomic E-state index is 13.6. The van der Waals surface area contributed by atoms with Crippen molar-refractivity contribution >= 4 is 23.3 Å². The minimum atomic E-state index is -0.633. The van der Waals surface area contributed by atoms with Crippen LogP contribution in [-0.2, 0) is 22.3 Å². The van der Waals surface area contributed by atoms with Gasteiger partial charge >= 0.3 is 5.97 Å². The number of carbonyl (C=O) groups is 2. The van der Waals surface area contributed by atoms with Gasteiger partial charge in [0.1, 0.15) is 12.4 Å². The maximum absolute atomic E-state index is 13.6. The van der Waals surface area contributed by atoms with E-state index < -0.39 is 12.1 Å². The first-order valence-electron chi connectivity index (χ1n) is 16.9. The van der Waals surface area contributed by atoms with E-state index in [9.17, 15) is 14.7 Å². The van der Waals surface area contributed by atoms with Gasteiger partial charge in [-0.3, -0.25) is 20.1 Å². The summed E-state index contributed by atoms with van der Waals surface area (Å²) >= 11 is 0. The van der Waals surface area contributed by atoms with Crippen molar-refractivity contribution in [3.8, 4) is 0 Å². The highest BCUT2D eigenvalue weighted by Crippen LogP contribution is 2.24. The molecule has 10 heteroatoms. The second-order valence-electron chi connectivity index (χ2n) is 12.0. The minimum Gasteiger partial charge on any atom is -0.458 e. The van der Waals surface area contributed by atoms with Gasteiger partial charge in [-0.05, 0) is 73.4 Å². The van der Waals surface area contributed by atoms with Crippen molar-refractivity contribution < 1.29 is 28.6 Å². The van der Waals surface area contributed by atoms with Gasteiger partial charge in [0.2, 0.25) is 5.76 Å². The van der Waals surface area contributed by atoms with Gasteiger partial charge in [0, 0.05) is 31.6 Å². The molecule has 254 valence electrons. The molecule has 0 bridgehead atoms. The van der Waals surface area contributed by atoms with Crippen LogP contribution < -0.4 is 10.4 Å². The fourth-order valence-electron chi connectivity index (χ4n) is 5.53. The van der Waals surface area contributed by atoms with Crippen LogP contribution in [0, 0.1) is 0 Å². The van der Waals surface area contributed by atoms with Gasteiger partial charge < -0.3 is 19.0 Å². The second kappa shape index (κ2) is 18.1. The van der Waals surface area contributed by atoms with E-state index in [1.165, 1.54) is 5.01 Å². The number of hydrazine groups is 1. The predicted molar refractivity (Wildman–Crippen MR) is 185 cm³/mol. The predicted octanol–water partition coefficient (Wildman–Crippen LogP) is 6.63. The number of anilines is 2. The van der Waals surface area contributed by atoms with Crippen LogP contribution in [0.15, 0.2) is 89.5 Å². The number of aliphatic hydroxyl groups is 1. The van der Waals surface area contributed by atoms with Crippen LogP contribution in [0.1, 0.15) is 83.1 Å². The Labute approximate surface area is 282 Å². The zero-order valence-corrected chi connectivity index (χ0v) is 27.7. The molecular formula is C38H46N4O6. The van der Waals surface area contributed by atoms with Crippen LogP contribution in [0.5, 0.6) is 0 Å². The molecule has 2 N–H and O–H groups in total. The molecule has 2 aromatic carbocycles. The van der Waals surface area contributed by atoms with E-state index in [-0.39, 0.29) is 11.7 Å². The molecule has 4 aromatic rings. The Morgan fingerprint density at radius 1 is 0.958 bits per heavy atom. The molecule has 2 aromatic heterocycles. The van der Waals surface area contributed by atoms with Crippen LogP contribution in [0.3, 0.4) is 0 Å². The summed E-state index contributed by atoms with van der Waals surface area (Å²) in [4.78, 5) is 32.7. The van der Waals surface area contributed by atoms with Crippen molar-refractivity contribution in [3.63, 3.8) is 0 Å². The van der Waals surface area contributed by atoms with Gasteiger partial charge in [0.15, 0.2) is 0 Å². The summed E-state index contributed by atoms with van der Waals surface area (Å²) in [6.45, 7) is 6.27. The van der Waals surface area contributed by atoms with Gasteiger partial charge in [0.25, 0.3) is 5.91 Å². The maximum Gasteiger partial charge on any atom is 0.374 e. The Balaban J connectivity index is 1.14. The quantitative estimate of drug-likeness (QED) is 0.0735. The summed E-state index contributed by atoms with van der Waals surface area (Å²) in [6.07, 6.45) is 7.08. The van der Waals surface area contributed by atoms with Gasteiger partial charge in [0.05, 0.1) is 42.6 Å². The average Bonchev–Trinajstić information content (AvgIpc) is 3.61. The molecule has 5 rings (SSSR count). The standard InChI is InChI=1S/C38H46N4O6/c1-2-3-5-13-35(43)34-20-18-32(28-39-34)42(37(44)30-10-6-4-7-11-30)40-31-16-14-29(15-17-31)9-8-12-33-19-21-36(48-33)38(45)47-27-24-41-22-25-46-26-23-41/h4,6-7,10-11,14-21,28,35,40,43H,2-3,5,8-9,12-13,22-27H2,1H3. The van der Waals surface area contributed by atoms with E-state index in [2.05, 4.69) is 22.2 Å². The van der Waals surface area contributed by atoms with E-state index in [4.69, 9.17) is 13.9 Å². The van der Waals surface area contributed by atoms with Crippen molar-refractivity contribution in [1.82, 2.24) is 9.88 Å². The molecule has 1 amide bonds. The fourth-order valence-corrected chi connectivity index (χ4v) is 5.53. The summed E-state index contributed by atoms with van der Waals surface area (Å²) in [5, 5.41) is 12.0. The van der Waals surface area contributed by atoms with Gasteiger partial charge in [-0.2, -0.15) is 0 Å². The molecule has 0 aliphatic carbocycles. The largest absolute Gasteiger partial charge is 0.458 e. The number of hydrogen-bond donors (Lipinski definition) is 2. The first kappa shape index (κ1) is 34.8. The third kappa shape index (κ3) is 10.2. The molecule has 1 unspecified atom stereocenters. The third-order valence-electron chi connectivity index (χ3n) is 8.37. The average molecular weight is 655 g/mol. The first-order chi connectivity index (χ1) is 23.5. The van der Waals surface area contributed by atoms with Crippen molar-refractivity contribution in [2.75, 3.05) is 49.9 Å². The number of amides is 1. The number of morpholine rings is 1. The van der Waals surface area contributed by atoms with Crippen molar-refractivity contribution in [2.45, 2.75) is 58.0 Å². The number of ether oxygens (including phenoxy) is 2. The number of aliphatic hydroxyl groups excluding tert-OH is 1. The zero-order valence-electron chi connectivity index (χ0n) is 27.7. The number of nitrogens with zero attached hydrogens (tertiary/aromatic N) is 3. The molecule has 1 aliphatic rings. The first-order valence-corrected chi connectivity index (χ1v) is 16.9.